The van der Waals surface area contributed by atoms with Crippen LogP contribution in [0.25, 0.3) is 0 Å². The largest absolute Gasteiger partial charge is 0.356 e. The Hall–Kier alpha value is -1.13. The molecule has 0 atom stereocenters. The Morgan fingerprint density at radius 2 is 1.88 bits per heavy atom. The minimum Gasteiger partial charge on any atom is -0.356 e. The maximum Gasteiger partial charge on any atom is 0.240 e. The third-order valence-electron chi connectivity index (χ3n) is 4.31. The molecule has 1 aromatic carbocycles. The summed E-state index contributed by atoms with van der Waals surface area (Å²) in [6.07, 6.45) is 8.46. The lowest BCUT2D eigenvalue weighted by molar-refractivity contribution is 0.588. The van der Waals surface area contributed by atoms with E-state index < -0.39 is 10.0 Å². The molecule has 1 aliphatic carbocycles. The summed E-state index contributed by atoms with van der Waals surface area (Å²) >= 11 is 0. The molecule has 0 unspecified atom stereocenters. The van der Waals surface area contributed by atoms with Gasteiger partial charge in [0.1, 0.15) is 0 Å². The number of hydrogen-bond acceptors (Lipinski definition) is 3. The zero-order chi connectivity index (χ0) is 18.1. The van der Waals surface area contributed by atoms with Crippen LogP contribution >= 0.6 is 24.0 Å². The van der Waals surface area contributed by atoms with Gasteiger partial charge in [-0.15, -0.1) is 24.0 Å². The maximum absolute atomic E-state index is 11.7. The van der Waals surface area contributed by atoms with Crippen molar-refractivity contribution < 1.29 is 8.42 Å². The van der Waals surface area contributed by atoms with Crippen molar-refractivity contribution in [3.8, 4) is 0 Å². The molecule has 0 amide bonds. The third-order valence-corrected chi connectivity index (χ3v) is 5.74. The molecule has 0 saturated carbocycles. The Morgan fingerprint density at radius 3 is 2.46 bits per heavy atom. The number of allylic oxidation sites excluding steroid dienone is 1. The Morgan fingerprint density at radius 1 is 1.15 bits per heavy atom. The molecule has 0 aromatic heterocycles. The molecule has 8 heteroatoms. The van der Waals surface area contributed by atoms with Gasteiger partial charge in [0.25, 0.3) is 0 Å². The average molecular weight is 492 g/mol. The van der Waals surface area contributed by atoms with Gasteiger partial charge < -0.3 is 10.6 Å². The number of aliphatic imine (C=N–C) groups is 1. The summed E-state index contributed by atoms with van der Waals surface area (Å²) in [5, 5.41) is 6.57. The summed E-state index contributed by atoms with van der Waals surface area (Å²) in [5.74, 6) is 0.753. The Bertz CT molecular complexity index is 715. The number of guanidine groups is 1. The van der Waals surface area contributed by atoms with Crippen LogP contribution in [0.4, 0.5) is 0 Å². The summed E-state index contributed by atoms with van der Waals surface area (Å²) in [4.78, 5) is 4.49. The lowest BCUT2D eigenvalue weighted by Gasteiger charge is -2.15. The number of nitrogens with one attached hydrogen (secondary N) is 3. The molecule has 26 heavy (non-hydrogen) atoms. The molecule has 0 aliphatic heterocycles. The normalized spacial score (nSPS) is 15.0. The van der Waals surface area contributed by atoms with Gasteiger partial charge in [0.05, 0.1) is 4.90 Å². The van der Waals surface area contributed by atoms with E-state index in [2.05, 4.69) is 26.4 Å². The van der Waals surface area contributed by atoms with Crippen molar-refractivity contribution in [2.75, 3.05) is 20.6 Å². The van der Waals surface area contributed by atoms with Crippen LogP contribution in [-0.4, -0.2) is 35.0 Å². The second-order valence-corrected chi connectivity index (χ2v) is 7.95. The molecule has 0 heterocycles. The van der Waals surface area contributed by atoms with Gasteiger partial charge in [-0.05, 0) is 56.8 Å². The molecule has 3 N–H and O–H groups in total. The van der Waals surface area contributed by atoms with Crippen molar-refractivity contribution in [3.05, 3.63) is 41.5 Å². The number of rotatable bonds is 7. The highest BCUT2D eigenvalue weighted by atomic mass is 127. The van der Waals surface area contributed by atoms with E-state index >= 15 is 0 Å². The molecule has 1 aliphatic rings. The first-order valence-electron chi connectivity index (χ1n) is 8.70. The Balaban J connectivity index is 0.00000338. The van der Waals surface area contributed by atoms with Gasteiger partial charge in [-0.25, -0.2) is 13.1 Å². The van der Waals surface area contributed by atoms with E-state index in [4.69, 9.17) is 0 Å². The molecule has 0 bridgehead atoms. The van der Waals surface area contributed by atoms with E-state index in [1.807, 2.05) is 0 Å². The number of halogens is 1. The average Bonchev–Trinajstić information content (AvgIpc) is 2.65. The standard InChI is InChI=1S/C18H28N4O2S.HI/c1-19-18(21-13-12-15-6-4-3-5-7-15)22-14-16-8-10-17(11-9-16)25(23,24)20-2;/h6,8-11,20H,3-5,7,12-14H2,1-2H3,(H2,19,21,22);1H. The summed E-state index contributed by atoms with van der Waals surface area (Å²) in [6.45, 7) is 1.45. The van der Waals surface area contributed by atoms with E-state index in [0.717, 1.165) is 24.5 Å². The van der Waals surface area contributed by atoms with Crippen LogP contribution in [0, 0.1) is 0 Å². The minimum atomic E-state index is -3.39. The quantitative estimate of drug-likeness (QED) is 0.237. The van der Waals surface area contributed by atoms with E-state index in [1.54, 1.807) is 31.3 Å². The highest BCUT2D eigenvalue weighted by Crippen LogP contribution is 2.19. The topological polar surface area (TPSA) is 82.6 Å². The third kappa shape index (κ3) is 7.24. The molecule has 1 aromatic rings. The van der Waals surface area contributed by atoms with Crippen LogP contribution in [-0.2, 0) is 16.6 Å². The van der Waals surface area contributed by atoms with Crippen molar-refractivity contribution in [3.63, 3.8) is 0 Å². The lowest BCUT2D eigenvalue weighted by Crippen LogP contribution is -2.37. The van der Waals surface area contributed by atoms with Crippen LogP contribution in [0.5, 0.6) is 0 Å². The van der Waals surface area contributed by atoms with Crippen molar-refractivity contribution in [1.29, 1.82) is 0 Å². The predicted molar refractivity (Wildman–Crippen MR) is 117 cm³/mol. The first kappa shape index (κ1) is 22.9. The molecule has 0 spiro atoms. The van der Waals surface area contributed by atoms with Crippen molar-refractivity contribution in [2.24, 2.45) is 4.99 Å². The number of hydrogen-bond donors (Lipinski definition) is 3. The van der Waals surface area contributed by atoms with Gasteiger partial charge >= 0.3 is 0 Å². The van der Waals surface area contributed by atoms with E-state index in [1.165, 1.54) is 38.3 Å². The number of nitrogens with zero attached hydrogens (tertiary/aromatic N) is 1. The molecular weight excluding hydrogens is 463 g/mol. The van der Waals surface area contributed by atoms with E-state index in [0.29, 0.717) is 6.54 Å². The fourth-order valence-electron chi connectivity index (χ4n) is 2.78. The second-order valence-electron chi connectivity index (χ2n) is 6.06. The molecule has 0 saturated heterocycles. The SMILES string of the molecule is CN=C(NCCC1=CCCCC1)NCc1ccc(S(=O)(=O)NC)cc1.I. The summed E-state index contributed by atoms with van der Waals surface area (Å²) in [6, 6.07) is 6.82. The molecule has 0 fully saturated rings. The Labute approximate surface area is 174 Å². The maximum atomic E-state index is 11.7. The highest BCUT2D eigenvalue weighted by Gasteiger charge is 2.10. The minimum absolute atomic E-state index is 0. The van der Waals surface area contributed by atoms with Crippen LogP contribution in [0.2, 0.25) is 0 Å². The zero-order valence-corrected chi connectivity index (χ0v) is 18.6. The second kappa shape index (κ2) is 11.6. The van der Waals surface area contributed by atoms with Gasteiger partial charge in [0.2, 0.25) is 10.0 Å². The Kier molecular flexibility index (Phi) is 10.2. The monoisotopic (exact) mass is 492 g/mol. The molecule has 2 rings (SSSR count). The van der Waals surface area contributed by atoms with Gasteiger partial charge in [0.15, 0.2) is 5.96 Å². The molecule has 0 radical (unpaired) electrons. The smallest absolute Gasteiger partial charge is 0.240 e. The van der Waals surface area contributed by atoms with Crippen LogP contribution < -0.4 is 15.4 Å². The van der Waals surface area contributed by atoms with Gasteiger partial charge in [-0.1, -0.05) is 23.8 Å². The summed E-state index contributed by atoms with van der Waals surface area (Å²) < 4.78 is 25.7. The van der Waals surface area contributed by atoms with Gasteiger partial charge in [0, 0.05) is 20.1 Å². The molecule has 6 nitrogen and oxygen atoms in total. The fraction of sp³-hybridized carbons (Fsp3) is 0.500. The van der Waals surface area contributed by atoms with Crippen LogP contribution in [0.15, 0.2) is 45.8 Å². The van der Waals surface area contributed by atoms with Crippen LogP contribution in [0.1, 0.15) is 37.7 Å². The molecular formula is C18H29IN4O2S. The fourth-order valence-corrected chi connectivity index (χ4v) is 3.51. The summed E-state index contributed by atoms with van der Waals surface area (Å²) in [5.41, 5.74) is 2.53. The predicted octanol–water partition coefficient (Wildman–Crippen LogP) is 2.77. The van der Waals surface area contributed by atoms with Gasteiger partial charge in [-0.2, -0.15) is 0 Å². The van der Waals surface area contributed by atoms with Crippen molar-refractivity contribution >= 4 is 40.0 Å². The zero-order valence-electron chi connectivity index (χ0n) is 15.4. The van der Waals surface area contributed by atoms with Gasteiger partial charge in [-0.3, -0.25) is 4.99 Å². The van der Waals surface area contributed by atoms with E-state index in [-0.39, 0.29) is 28.9 Å². The first-order chi connectivity index (χ1) is 12.0. The highest BCUT2D eigenvalue weighted by molar-refractivity contribution is 14.0. The first-order valence-corrected chi connectivity index (χ1v) is 10.2. The van der Waals surface area contributed by atoms with Crippen molar-refractivity contribution in [1.82, 2.24) is 15.4 Å². The van der Waals surface area contributed by atoms with Crippen molar-refractivity contribution in [2.45, 2.75) is 43.5 Å². The summed E-state index contributed by atoms with van der Waals surface area (Å²) in [7, 11) is -0.231. The number of benzene rings is 1. The number of sulfonamides is 1. The van der Waals surface area contributed by atoms with Crippen LogP contribution in [0.3, 0.4) is 0 Å². The molecule has 146 valence electrons. The van der Waals surface area contributed by atoms with E-state index in [9.17, 15) is 8.42 Å². The lowest BCUT2D eigenvalue weighted by atomic mass is 9.97.